The third-order valence-corrected chi connectivity index (χ3v) is 2.79. The molecule has 0 bridgehead atoms. The van der Waals surface area contributed by atoms with Crippen LogP contribution in [0.4, 0.5) is 13.2 Å². The van der Waals surface area contributed by atoms with Gasteiger partial charge in [-0.15, -0.1) is 0 Å². The van der Waals surface area contributed by atoms with E-state index < -0.39 is 18.3 Å². The Morgan fingerprint density at radius 3 is 2.86 bits per heavy atom. The van der Waals surface area contributed by atoms with Gasteiger partial charge in [0.05, 0.1) is 11.8 Å². The van der Waals surface area contributed by atoms with Crippen molar-refractivity contribution in [2.45, 2.75) is 20.1 Å². The van der Waals surface area contributed by atoms with Crippen molar-refractivity contribution in [3.63, 3.8) is 0 Å². The van der Waals surface area contributed by atoms with Crippen LogP contribution in [-0.4, -0.2) is 22.7 Å². The summed E-state index contributed by atoms with van der Waals surface area (Å²) in [5.74, 6) is -1.54. The number of aromatic amines is 1. The second-order valence-electron chi connectivity index (χ2n) is 4.19. The van der Waals surface area contributed by atoms with E-state index in [2.05, 4.69) is 20.3 Å². The van der Waals surface area contributed by atoms with Crippen molar-refractivity contribution in [2.24, 2.45) is 0 Å². The summed E-state index contributed by atoms with van der Waals surface area (Å²) < 4.78 is 42.4. The number of amides is 1. The predicted molar refractivity (Wildman–Crippen MR) is 67.5 cm³/mol. The Bertz CT molecular complexity index is 643. The fraction of sp³-hybridized carbons (Fsp3) is 0.231. The van der Waals surface area contributed by atoms with Gasteiger partial charge in [-0.2, -0.15) is 13.9 Å². The van der Waals surface area contributed by atoms with Gasteiger partial charge in [0, 0.05) is 17.8 Å². The average molecular weight is 299 g/mol. The molecule has 2 rings (SSSR count). The Balaban J connectivity index is 2.13. The first-order valence-electron chi connectivity index (χ1n) is 5.99. The maximum absolute atomic E-state index is 13.7. The van der Waals surface area contributed by atoms with Gasteiger partial charge >= 0.3 is 6.61 Å². The zero-order chi connectivity index (χ0) is 15.4. The van der Waals surface area contributed by atoms with Gasteiger partial charge < -0.3 is 10.1 Å². The maximum atomic E-state index is 13.7. The molecule has 0 unspecified atom stereocenters. The highest BCUT2D eigenvalue weighted by atomic mass is 19.3. The molecule has 1 heterocycles. The van der Waals surface area contributed by atoms with E-state index in [4.69, 9.17) is 0 Å². The van der Waals surface area contributed by atoms with Crippen molar-refractivity contribution < 1.29 is 22.7 Å². The smallest absolute Gasteiger partial charge is 0.387 e. The third kappa shape index (κ3) is 3.53. The standard InChI is InChI=1S/C13H12F3N3O2/c1-7-8(6-18-19-7)12(20)17-5-9-10(14)3-2-4-11(9)21-13(15)16/h2-4,6,13H,5H2,1H3,(H,17,20)(H,18,19). The number of rotatable bonds is 5. The normalized spacial score (nSPS) is 10.7. The Labute approximate surface area is 118 Å². The fourth-order valence-corrected chi connectivity index (χ4v) is 1.76. The lowest BCUT2D eigenvalue weighted by atomic mass is 10.1. The number of nitrogens with one attached hydrogen (secondary N) is 2. The van der Waals surface area contributed by atoms with Gasteiger partial charge in [0.2, 0.25) is 0 Å². The molecule has 0 aliphatic heterocycles. The molecular formula is C13H12F3N3O2. The van der Waals surface area contributed by atoms with E-state index in [9.17, 15) is 18.0 Å². The second kappa shape index (κ2) is 6.29. The highest BCUT2D eigenvalue weighted by Crippen LogP contribution is 2.23. The van der Waals surface area contributed by atoms with Crippen LogP contribution in [0.2, 0.25) is 0 Å². The Morgan fingerprint density at radius 1 is 1.48 bits per heavy atom. The Hall–Kier alpha value is -2.51. The van der Waals surface area contributed by atoms with Gasteiger partial charge in [0.15, 0.2) is 0 Å². The van der Waals surface area contributed by atoms with Crippen LogP contribution in [0.3, 0.4) is 0 Å². The van der Waals surface area contributed by atoms with Gasteiger partial charge in [-0.3, -0.25) is 9.89 Å². The first-order chi connectivity index (χ1) is 9.99. The molecule has 1 amide bonds. The molecule has 2 aromatic rings. The van der Waals surface area contributed by atoms with Crippen molar-refractivity contribution >= 4 is 5.91 Å². The van der Waals surface area contributed by atoms with E-state index in [1.54, 1.807) is 6.92 Å². The number of aryl methyl sites for hydroxylation is 1. The van der Waals surface area contributed by atoms with Crippen LogP contribution in [0.1, 0.15) is 21.6 Å². The summed E-state index contributed by atoms with van der Waals surface area (Å²) in [7, 11) is 0. The summed E-state index contributed by atoms with van der Waals surface area (Å²) in [6, 6.07) is 3.56. The number of H-pyrrole nitrogens is 1. The minimum atomic E-state index is -3.07. The molecule has 0 saturated carbocycles. The third-order valence-electron chi connectivity index (χ3n) is 2.79. The van der Waals surface area contributed by atoms with Crippen LogP contribution in [0, 0.1) is 12.7 Å². The highest BCUT2D eigenvalue weighted by molar-refractivity contribution is 5.94. The number of hydrogen-bond acceptors (Lipinski definition) is 3. The van der Waals surface area contributed by atoms with Crippen molar-refractivity contribution in [3.8, 4) is 5.75 Å². The molecule has 2 N–H and O–H groups in total. The summed E-state index contributed by atoms with van der Waals surface area (Å²) in [6.07, 6.45) is 1.32. The molecule has 0 fully saturated rings. The predicted octanol–water partition coefficient (Wildman–Crippen LogP) is 2.39. The lowest BCUT2D eigenvalue weighted by molar-refractivity contribution is -0.0506. The number of halogens is 3. The van der Waals surface area contributed by atoms with E-state index >= 15 is 0 Å². The van der Waals surface area contributed by atoms with Gasteiger partial charge in [-0.1, -0.05) is 6.07 Å². The minimum Gasteiger partial charge on any atom is -0.434 e. The van der Waals surface area contributed by atoms with Crippen LogP contribution in [-0.2, 0) is 6.54 Å². The van der Waals surface area contributed by atoms with E-state index in [0.29, 0.717) is 11.3 Å². The van der Waals surface area contributed by atoms with Crippen molar-refractivity contribution in [2.75, 3.05) is 0 Å². The lowest BCUT2D eigenvalue weighted by Gasteiger charge is -2.12. The molecule has 0 spiro atoms. The topological polar surface area (TPSA) is 67.0 Å². The molecule has 0 aliphatic carbocycles. The van der Waals surface area contributed by atoms with E-state index in [1.807, 2.05) is 0 Å². The average Bonchev–Trinajstić information content (AvgIpc) is 2.83. The SMILES string of the molecule is Cc1[nH]ncc1C(=O)NCc1c(F)cccc1OC(F)F. The number of aromatic nitrogens is 2. The van der Waals surface area contributed by atoms with Crippen molar-refractivity contribution in [1.82, 2.24) is 15.5 Å². The number of ether oxygens (including phenoxy) is 1. The molecule has 1 aromatic heterocycles. The summed E-state index contributed by atoms with van der Waals surface area (Å²) in [5.41, 5.74) is 0.694. The molecule has 0 aliphatic rings. The van der Waals surface area contributed by atoms with E-state index in [0.717, 1.165) is 6.07 Å². The summed E-state index contributed by atoms with van der Waals surface area (Å²) >= 11 is 0. The molecule has 5 nitrogen and oxygen atoms in total. The largest absolute Gasteiger partial charge is 0.434 e. The number of carbonyl (C=O) groups is 1. The Morgan fingerprint density at radius 2 is 2.24 bits per heavy atom. The second-order valence-corrected chi connectivity index (χ2v) is 4.19. The van der Waals surface area contributed by atoms with Gasteiger partial charge in [-0.25, -0.2) is 4.39 Å². The van der Waals surface area contributed by atoms with Gasteiger partial charge in [0.25, 0.3) is 5.91 Å². The summed E-state index contributed by atoms with van der Waals surface area (Å²) in [6.45, 7) is -1.70. The first kappa shape index (κ1) is 14.9. The minimum absolute atomic E-state index is 0.146. The number of nitrogens with zero attached hydrogens (tertiary/aromatic N) is 1. The maximum Gasteiger partial charge on any atom is 0.387 e. The molecule has 112 valence electrons. The van der Waals surface area contributed by atoms with Crippen LogP contribution in [0.15, 0.2) is 24.4 Å². The van der Waals surface area contributed by atoms with Crippen LogP contribution < -0.4 is 10.1 Å². The number of hydrogen-bond donors (Lipinski definition) is 2. The first-order valence-corrected chi connectivity index (χ1v) is 5.99. The molecule has 8 heteroatoms. The number of benzene rings is 1. The monoisotopic (exact) mass is 299 g/mol. The Kier molecular flexibility index (Phi) is 4.46. The molecule has 0 radical (unpaired) electrons. The summed E-state index contributed by atoms with van der Waals surface area (Å²) in [4.78, 5) is 11.9. The van der Waals surface area contributed by atoms with Crippen LogP contribution in [0.5, 0.6) is 5.75 Å². The molecular weight excluding hydrogens is 287 g/mol. The number of carbonyl (C=O) groups excluding carboxylic acids is 1. The van der Waals surface area contributed by atoms with Crippen LogP contribution in [0.25, 0.3) is 0 Å². The summed E-state index contributed by atoms with van der Waals surface area (Å²) in [5, 5.41) is 8.71. The lowest BCUT2D eigenvalue weighted by Crippen LogP contribution is -2.24. The molecule has 1 aromatic carbocycles. The van der Waals surface area contributed by atoms with Crippen molar-refractivity contribution in [1.29, 1.82) is 0 Å². The zero-order valence-electron chi connectivity index (χ0n) is 11.0. The van der Waals surface area contributed by atoms with Gasteiger partial charge in [0.1, 0.15) is 11.6 Å². The highest BCUT2D eigenvalue weighted by Gasteiger charge is 2.16. The molecule has 0 atom stereocenters. The number of alkyl halides is 2. The van der Waals surface area contributed by atoms with Crippen LogP contribution >= 0.6 is 0 Å². The molecule has 21 heavy (non-hydrogen) atoms. The fourth-order valence-electron chi connectivity index (χ4n) is 1.76. The van der Waals surface area contributed by atoms with Gasteiger partial charge in [-0.05, 0) is 19.1 Å². The van der Waals surface area contributed by atoms with E-state index in [-0.39, 0.29) is 17.9 Å². The van der Waals surface area contributed by atoms with E-state index in [1.165, 1.54) is 18.3 Å². The molecule has 0 saturated heterocycles. The zero-order valence-corrected chi connectivity index (χ0v) is 11.0. The quantitative estimate of drug-likeness (QED) is 0.891. The van der Waals surface area contributed by atoms with Crippen molar-refractivity contribution in [3.05, 3.63) is 47.0 Å².